The Balaban J connectivity index is 2.09. The van der Waals surface area contributed by atoms with Crippen LogP contribution < -0.4 is 9.64 Å². The zero-order valence-corrected chi connectivity index (χ0v) is 18.6. The average molecular weight is 454 g/mol. The molecular weight excluding hydrogens is 427 g/mol. The number of anilines is 1. The number of ether oxygens (including phenoxy) is 1. The van der Waals surface area contributed by atoms with Crippen molar-refractivity contribution in [1.29, 1.82) is 0 Å². The average Bonchev–Trinajstić information content (AvgIpc) is 2.98. The summed E-state index contributed by atoms with van der Waals surface area (Å²) in [6.45, 7) is 6.99. The van der Waals surface area contributed by atoms with Gasteiger partial charge < -0.3 is 9.64 Å². The number of rotatable bonds is 6. The summed E-state index contributed by atoms with van der Waals surface area (Å²) < 4.78 is 73.7. The molecule has 1 aliphatic heterocycles. The van der Waals surface area contributed by atoms with E-state index in [9.17, 15) is 22.0 Å². The molecule has 3 nitrogen and oxygen atoms in total. The lowest BCUT2D eigenvalue weighted by molar-refractivity contribution is -0.0922. The molecule has 0 fully saturated rings. The Kier molecular flexibility index (Phi) is 6.81. The van der Waals surface area contributed by atoms with Crippen LogP contribution in [0.4, 0.5) is 27.6 Å². The highest BCUT2D eigenvalue weighted by molar-refractivity contribution is 5.80. The molecule has 2 atom stereocenters. The van der Waals surface area contributed by atoms with E-state index in [1.54, 1.807) is 13.3 Å². The fraction of sp³-hybridized carbons (Fsp3) is 0.458. The Morgan fingerprint density at radius 3 is 2.56 bits per heavy atom. The molecule has 0 N–H and O–H groups in total. The van der Waals surface area contributed by atoms with Crippen molar-refractivity contribution in [3.05, 3.63) is 58.8 Å². The van der Waals surface area contributed by atoms with Crippen LogP contribution in [0.15, 0.2) is 58.3 Å². The minimum atomic E-state index is -4.93. The summed E-state index contributed by atoms with van der Waals surface area (Å²) >= 11 is 0. The third kappa shape index (κ3) is 4.19. The van der Waals surface area contributed by atoms with Crippen LogP contribution in [0.3, 0.4) is 0 Å². The van der Waals surface area contributed by atoms with Crippen LogP contribution in [0.25, 0.3) is 0 Å². The van der Waals surface area contributed by atoms with Crippen LogP contribution in [0.1, 0.15) is 39.2 Å². The third-order valence-electron chi connectivity index (χ3n) is 6.15. The standard InChI is InChI=1S/C24H27F5N2O/c1-5-30-12-11-20-23(3,18-13-16(32-4)8-10-19(18)31(20)6-2)14-15-7-9-17(24(27,28)29)22(26)21(15)25/h8-13,15H,5-7,14H2,1-4H3/b20-11-,30-12?. The fourth-order valence-corrected chi connectivity index (χ4v) is 4.61. The van der Waals surface area contributed by atoms with Crippen LogP contribution in [-0.4, -0.2) is 32.6 Å². The SMILES string of the molecule is CCN=C/C=C1\N(CC)c2ccc(OC)cc2C1(C)CC1CC=C(C(F)(F)F)C(F)=C1F. The van der Waals surface area contributed by atoms with Crippen molar-refractivity contribution in [3.8, 4) is 5.75 Å². The summed E-state index contributed by atoms with van der Waals surface area (Å²) in [5, 5.41) is 0. The lowest BCUT2D eigenvalue weighted by atomic mass is 9.72. The maximum atomic E-state index is 14.9. The highest BCUT2D eigenvalue weighted by atomic mass is 19.4. The van der Waals surface area contributed by atoms with Gasteiger partial charge in [-0.25, -0.2) is 8.78 Å². The lowest BCUT2D eigenvalue weighted by Gasteiger charge is -2.34. The molecule has 2 unspecified atom stereocenters. The molecule has 3 rings (SSSR count). The van der Waals surface area contributed by atoms with Gasteiger partial charge in [0, 0.05) is 42.0 Å². The Hall–Kier alpha value is -2.64. The highest BCUT2D eigenvalue weighted by Gasteiger charge is 2.47. The van der Waals surface area contributed by atoms with E-state index >= 15 is 0 Å². The second kappa shape index (κ2) is 9.08. The van der Waals surface area contributed by atoms with Crippen molar-refractivity contribution in [2.75, 3.05) is 25.1 Å². The molecule has 32 heavy (non-hydrogen) atoms. The first-order valence-electron chi connectivity index (χ1n) is 10.6. The van der Waals surface area contributed by atoms with Crippen molar-refractivity contribution in [2.24, 2.45) is 10.9 Å². The van der Waals surface area contributed by atoms with Gasteiger partial charge in [0.1, 0.15) is 11.6 Å². The molecule has 8 heteroatoms. The first-order valence-corrected chi connectivity index (χ1v) is 10.6. The number of methoxy groups -OCH3 is 1. The molecule has 0 radical (unpaired) electrons. The minimum absolute atomic E-state index is 0.0936. The summed E-state index contributed by atoms with van der Waals surface area (Å²) in [6, 6.07) is 5.58. The molecule has 2 aliphatic rings. The van der Waals surface area contributed by atoms with Gasteiger partial charge in [-0.1, -0.05) is 6.08 Å². The number of nitrogens with zero attached hydrogens (tertiary/aromatic N) is 2. The van der Waals surface area contributed by atoms with Gasteiger partial charge in [-0.05, 0) is 63.5 Å². The number of alkyl halides is 3. The second-order valence-electron chi connectivity index (χ2n) is 8.07. The van der Waals surface area contributed by atoms with Crippen molar-refractivity contribution in [3.63, 3.8) is 0 Å². The topological polar surface area (TPSA) is 24.8 Å². The Bertz CT molecular complexity index is 993. The van der Waals surface area contributed by atoms with Crippen molar-refractivity contribution in [2.45, 2.75) is 45.2 Å². The van der Waals surface area contributed by atoms with E-state index in [0.29, 0.717) is 18.8 Å². The lowest BCUT2D eigenvalue weighted by Crippen LogP contribution is -2.32. The molecule has 0 spiro atoms. The van der Waals surface area contributed by atoms with Crippen LogP contribution in [-0.2, 0) is 5.41 Å². The second-order valence-corrected chi connectivity index (χ2v) is 8.07. The van der Waals surface area contributed by atoms with E-state index in [1.807, 2.05) is 45.0 Å². The van der Waals surface area contributed by atoms with Crippen LogP contribution in [0, 0.1) is 5.92 Å². The largest absolute Gasteiger partial charge is 0.497 e. The highest BCUT2D eigenvalue weighted by Crippen LogP contribution is 2.54. The summed E-state index contributed by atoms with van der Waals surface area (Å²) in [4.78, 5) is 6.31. The zero-order valence-electron chi connectivity index (χ0n) is 18.6. The predicted octanol–water partition coefficient (Wildman–Crippen LogP) is 6.82. The van der Waals surface area contributed by atoms with E-state index in [1.165, 1.54) is 0 Å². The summed E-state index contributed by atoms with van der Waals surface area (Å²) in [6.07, 6.45) is -0.786. The van der Waals surface area contributed by atoms with E-state index in [2.05, 4.69) is 9.89 Å². The van der Waals surface area contributed by atoms with Gasteiger partial charge in [-0.2, -0.15) is 13.2 Å². The van der Waals surface area contributed by atoms with Gasteiger partial charge in [0.15, 0.2) is 5.83 Å². The van der Waals surface area contributed by atoms with Gasteiger partial charge in [0.05, 0.1) is 12.7 Å². The number of likely N-dealkylation sites (N-methyl/N-ethyl adjacent to an activating group) is 1. The smallest absolute Gasteiger partial charge is 0.419 e. The minimum Gasteiger partial charge on any atom is -0.497 e. The summed E-state index contributed by atoms with van der Waals surface area (Å²) in [5.74, 6) is -3.57. The van der Waals surface area contributed by atoms with Crippen LogP contribution in [0.2, 0.25) is 0 Å². The van der Waals surface area contributed by atoms with Crippen molar-refractivity contribution < 1.29 is 26.7 Å². The third-order valence-corrected chi connectivity index (χ3v) is 6.15. The number of halogens is 5. The van der Waals surface area contributed by atoms with Gasteiger partial charge in [-0.15, -0.1) is 0 Å². The molecule has 0 amide bonds. The Morgan fingerprint density at radius 2 is 1.97 bits per heavy atom. The molecule has 0 aromatic heterocycles. The van der Waals surface area contributed by atoms with Crippen molar-refractivity contribution in [1.82, 2.24) is 0 Å². The van der Waals surface area contributed by atoms with E-state index in [-0.39, 0.29) is 12.8 Å². The molecule has 1 heterocycles. The van der Waals surface area contributed by atoms with E-state index in [4.69, 9.17) is 4.74 Å². The normalized spacial score (nSPS) is 25.0. The molecule has 0 saturated heterocycles. The van der Waals surface area contributed by atoms with Gasteiger partial charge in [0.2, 0.25) is 0 Å². The van der Waals surface area contributed by atoms with Gasteiger partial charge in [-0.3, -0.25) is 4.99 Å². The molecule has 1 aliphatic carbocycles. The predicted molar refractivity (Wildman–Crippen MR) is 117 cm³/mol. The molecule has 1 aromatic carbocycles. The molecule has 174 valence electrons. The first-order chi connectivity index (χ1) is 15.1. The van der Waals surface area contributed by atoms with Crippen molar-refractivity contribution >= 4 is 11.9 Å². The summed E-state index contributed by atoms with van der Waals surface area (Å²) in [5.41, 5.74) is 0.267. The van der Waals surface area contributed by atoms with Crippen LogP contribution >= 0.6 is 0 Å². The Morgan fingerprint density at radius 1 is 1.25 bits per heavy atom. The molecule has 1 aromatic rings. The number of allylic oxidation sites excluding steroid dienone is 6. The number of fused-ring (bicyclic) bond motifs is 1. The fourth-order valence-electron chi connectivity index (χ4n) is 4.61. The van der Waals surface area contributed by atoms with Gasteiger partial charge in [0.25, 0.3) is 0 Å². The molecule has 0 bridgehead atoms. The maximum absolute atomic E-state index is 14.9. The van der Waals surface area contributed by atoms with Gasteiger partial charge >= 0.3 is 6.18 Å². The maximum Gasteiger partial charge on any atom is 0.419 e. The monoisotopic (exact) mass is 454 g/mol. The van der Waals surface area contributed by atoms with Crippen LogP contribution in [0.5, 0.6) is 5.75 Å². The summed E-state index contributed by atoms with van der Waals surface area (Å²) in [7, 11) is 1.54. The first kappa shape index (κ1) is 24.0. The quantitative estimate of drug-likeness (QED) is 0.348. The molecule has 0 saturated carbocycles. The molecular formula is C24H27F5N2O. The number of hydrogen-bond donors (Lipinski definition) is 0. The van der Waals surface area contributed by atoms with E-state index in [0.717, 1.165) is 23.0 Å². The number of hydrogen-bond acceptors (Lipinski definition) is 3. The Labute approximate surface area is 185 Å². The number of benzene rings is 1. The van der Waals surface area contributed by atoms with E-state index < -0.39 is 34.7 Å². The zero-order chi connectivity index (χ0) is 23.7. The number of aliphatic imine (C=N–C) groups is 1.